The first kappa shape index (κ1) is 74.1. The summed E-state index contributed by atoms with van der Waals surface area (Å²) < 4.78 is 2.33. The Morgan fingerprint density at radius 2 is 0.542 bits per heavy atom. The Balaban J connectivity index is 0.000000106. The van der Waals surface area contributed by atoms with E-state index in [1.165, 1.54) is 183 Å². The Hall–Kier alpha value is -12.7. The van der Waals surface area contributed by atoms with Gasteiger partial charge in [-0.1, -0.05) is 413 Å². The molecule has 0 heterocycles. The minimum absolute atomic E-state index is 0.0865. The second kappa shape index (κ2) is 29.2. The van der Waals surface area contributed by atoms with Crippen molar-refractivity contribution in [2.45, 2.75) is 75.0 Å². The molecule has 0 unspecified atom stereocenters. The van der Waals surface area contributed by atoms with E-state index in [9.17, 15) is 0 Å². The highest BCUT2D eigenvalue weighted by atomic mass is 79.9. The summed E-state index contributed by atoms with van der Waals surface area (Å²) in [5, 5.41) is 0. The van der Waals surface area contributed by atoms with Gasteiger partial charge in [-0.2, -0.15) is 0 Å². The fourth-order valence-corrected chi connectivity index (χ4v) is 22.0. The van der Waals surface area contributed by atoms with Crippen LogP contribution in [0.1, 0.15) is 131 Å². The van der Waals surface area contributed by atoms with Crippen molar-refractivity contribution in [2.75, 3.05) is 10.6 Å². The average molecular weight is 1650 g/mol. The van der Waals surface area contributed by atoms with Gasteiger partial charge in [-0.3, -0.25) is 0 Å². The second-order valence-electron chi connectivity index (χ2n) is 33.7. The number of nitrogens with two attached hydrogens (primary N) is 1. The highest BCUT2D eigenvalue weighted by Crippen LogP contribution is 2.67. The molecular weight excluding hydrogens is 1560 g/mol. The van der Waals surface area contributed by atoms with Crippen LogP contribution in [0.2, 0.25) is 0 Å². The number of benzene rings is 17. The van der Waals surface area contributed by atoms with E-state index in [2.05, 4.69) is 448 Å². The van der Waals surface area contributed by atoms with E-state index in [1.807, 2.05) is 30.3 Å². The molecule has 118 heavy (non-hydrogen) atoms. The monoisotopic (exact) mass is 1640 g/mol. The largest absolute Gasteiger partial charge is 0.399 e. The summed E-state index contributed by atoms with van der Waals surface area (Å²) in [6.45, 7) is 14.0. The molecule has 2 N–H and O–H groups in total. The fourth-order valence-electron chi connectivity index (χ4n) is 21.1. The molecule has 2 nitrogen and oxygen atoms in total. The van der Waals surface area contributed by atoms with Crippen molar-refractivity contribution in [3.63, 3.8) is 0 Å². The predicted molar refractivity (Wildman–Crippen MR) is 501 cm³/mol. The number of anilines is 4. The number of hydrogen-bond donors (Lipinski definition) is 1. The fraction of sp³-hybridized carbons (Fsp3) is 0.105. The number of hydrogen-bond acceptors (Lipinski definition) is 2. The van der Waals surface area contributed by atoms with Crippen LogP contribution in [0.3, 0.4) is 0 Å². The minimum Gasteiger partial charge on any atom is -0.399 e. The maximum Gasteiger partial charge on any atom is 0.0726 e. The first-order valence-electron chi connectivity index (χ1n) is 41.2. The zero-order valence-corrected chi connectivity index (χ0v) is 70.3. The molecule has 0 saturated carbocycles. The Kier molecular flexibility index (Phi) is 18.3. The van der Waals surface area contributed by atoms with Crippen LogP contribution in [-0.2, 0) is 33.5 Å². The normalized spacial score (nSPS) is 14.5. The van der Waals surface area contributed by atoms with Gasteiger partial charge in [0.25, 0.3) is 0 Å². The van der Waals surface area contributed by atoms with E-state index in [0.29, 0.717) is 0 Å². The minimum atomic E-state index is -0.376. The number of halogens is 2. The highest BCUT2D eigenvalue weighted by molar-refractivity contribution is 9.10. The van der Waals surface area contributed by atoms with Crippen molar-refractivity contribution in [3.05, 3.63) is 498 Å². The Morgan fingerprint density at radius 3 is 0.983 bits per heavy atom. The van der Waals surface area contributed by atoms with Gasteiger partial charge in [0.1, 0.15) is 0 Å². The molecule has 0 bridgehead atoms. The van der Waals surface area contributed by atoms with Gasteiger partial charge >= 0.3 is 0 Å². The SMILES string of the molecule is Brc1cccc2c1-c1ccccc1C21c2ccccc2-c2ccccc21.CC1(C)c2ccccc2-c2ccc(Br)cc21.CC1(C)c2ccccc2-c2ccc(Cc3ccccc3)cc21.CC1(C)c2ccccc2-c2ccc(N(c3ccccc3)c3cccc4c3-c3ccccc3C43c4ccccc4-c4ccccc43)cc21.Nc1ccccc1. The molecule has 0 amide bonds. The van der Waals surface area contributed by atoms with Crippen molar-refractivity contribution in [2.24, 2.45) is 0 Å². The van der Waals surface area contributed by atoms with Crippen LogP contribution in [0.4, 0.5) is 22.7 Å². The van der Waals surface area contributed by atoms with Crippen molar-refractivity contribution in [1.82, 2.24) is 0 Å². The first-order valence-corrected chi connectivity index (χ1v) is 42.8. The molecule has 17 aromatic rings. The summed E-state index contributed by atoms with van der Waals surface area (Å²) in [6, 6.07) is 146. The molecule has 0 atom stereocenters. The van der Waals surface area contributed by atoms with Gasteiger partial charge in [-0.05, 0) is 223 Å². The van der Waals surface area contributed by atoms with Crippen LogP contribution >= 0.6 is 31.9 Å². The van der Waals surface area contributed by atoms with Crippen molar-refractivity contribution in [3.8, 4) is 77.9 Å². The molecule has 0 radical (unpaired) electrons. The number of fused-ring (bicyclic) bond motifs is 29. The third-order valence-corrected chi connectivity index (χ3v) is 27.4. The Bertz CT molecular complexity index is 6710. The van der Waals surface area contributed by atoms with Crippen LogP contribution in [0.15, 0.2) is 409 Å². The van der Waals surface area contributed by atoms with Gasteiger partial charge in [-0.15, -0.1) is 0 Å². The molecule has 0 aliphatic heterocycles. The number of nitrogens with zero attached hydrogens (tertiary/aromatic N) is 1. The molecular formula is C114H88Br2N2. The molecule has 4 heteroatoms. The standard InChI is InChI=1S/C46H33N.C25H15Br.C22H20.C15H13Br.C6H7N/c1-45(2)37-21-10-6-17-32(37)35-28-27-31(29-42(35)45)47(30-15-4-3-5-16-30)43-26-14-25-41-44(43)36-20-9-13-24-40(36)46(41)38-22-11-7-18-33(38)34-19-8-12-23-39(34)46;26-23-15-7-14-22-24(23)18-10-3-6-13-21(18)25(22)19-11-4-1-8-16(19)17-9-2-5-12-20(17)25;1-22(2)20-11-7-6-10-18(20)19-13-12-17(15-21(19)22)14-16-8-4-3-5-9-16;1-15(2)13-6-4-3-5-11(13)12-8-7-10(16)9-14(12)15;7-6-4-2-1-3-5-6/h3-29H,1-2H3;1-15H;3-13,15H,14H2,1-2H3;3-9H,1-2H3;1-5H,7H2. The van der Waals surface area contributed by atoms with E-state index < -0.39 is 0 Å². The van der Waals surface area contributed by atoms with Crippen LogP contribution in [-0.4, -0.2) is 0 Å². The topological polar surface area (TPSA) is 29.3 Å². The van der Waals surface area contributed by atoms with Crippen LogP contribution in [0, 0.1) is 0 Å². The third-order valence-electron chi connectivity index (χ3n) is 26.3. The Labute approximate surface area is 711 Å². The van der Waals surface area contributed by atoms with Gasteiger partial charge in [0.15, 0.2) is 0 Å². The van der Waals surface area contributed by atoms with E-state index in [-0.39, 0.29) is 27.1 Å². The molecule has 24 rings (SSSR count). The number of rotatable bonds is 5. The predicted octanol–water partition coefficient (Wildman–Crippen LogP) is 30.2. The molecule has 7 aliphatic rings. The lowest BCUT2D eigenvalue weighted by atomic mass is 9.70. The number of nitrogen functional groups attached to an aromatic ring is 1. The van der Waals surface area contributed by atoms with E-state index >= 15 is 0 Å². The summed E-state index contributed by atoms with van der Waals surface area (Å²) in [5.74, 6) is 0. The smallest absolute Gasteiger partial charge is 0.0726 e. The van der Waals surface area contributed by atoms with Gasteiger partial charge in [0.2, 0.25) is 0 Å². The lowest BCUT2D eigenvalue weighted by Gasteiger charge is -2.32. The lowest BCUT2D eigenvalue weighted by molar-refractivity contribution is 0.659. The van der Waals surface area contributed by atoms with Crippen LogP contribution in [0.25, 0.3) is 77.9 Å². The first-order chi connectivity index (χ1) is 57.6. The molecule has 0 aromatic heterocycles. The maximum atomic E-state index is 5.36. The van der Waals surface area contributed by atoms with Gasteiger partial charge in [0.05, 0.1) is 16.5 Å². The summed E-state index contributed by atoms with van der Waals surface area (Å²) in [4.78, 5) is 2.49. The average Bonchev–Trinajstić information content (AvgIpc) is 1.51. The maximum absolute atomic E-state index is 5.36. The molecule has 568 valence electrons. The van der Waals surface area contributed by atoms with Crippen molar-refractivity contribution in [1.29, 1.82) is 0 Å². The summed E-state index contributed by atoms with van der Waals surface area (Å²) >= 11 is 7.39. The van der Waals surface area contributed by atoms with Crippen LogP contribution < -0.4 is 10.6 Å². The van der Waals surface area contributed by atoms with Gasteiger partial charge < -0.3 is 10.6 Å². The molecule has 7 aliphatic carbocycles. The summed E-state index contributed by atoms with van der Waals surface area (Å²) in [6.07, 6.45) is 1.00. The molecule has 17 aromatic carbocycles. The Morgan fingerprint density at radius 1 is 0.229 bits per heavy atom. The molecule has 0 saturated heterocycles. The second-order valence-corrected chi connectivity index (χ2v) is 35.5. The van der Waals surface area contributed by atoms with Crippen LogP contribution in [0.5, 0.6) is 0 Å². The highest BCUT2D eigenvalue weighted by Gasteiger charge is 2.54. The quantitative estimate of drug-likeness (QED) is 0.174. The lowest BCUT2D eigenvalue weighted by Crippen LogP contribution is -2.26. The van der Waals surface area contributed by atoms with Crippen molar-refractivity contribution >= 4 is 54.6 Å². The molecule has 0 fully saturated rings. The van der Waals surface area contributed by atoms with Crippen molar-refractivity contribution < 1.29 is 0 Å². The molecule has 2 spiro atoms. The zero-order chi connectivity index (χ0) is 80.2. The number of para-hydroxylation sites is 2. The van der Waals surface area contributed by atoms with Gasteiger partial charge in [0, 0.05) is 53.4 Å². The third kappa shape index (κ3) is 11.6. The summed E-state index contributed by atoms with van der Waals surface area (Å²) in [5.41, 5.74) is 50.4. The van der Waals surface area contributed by atoms with E-state index in [1.54, 1.807) is 0 Å². The van der Waals surface area contributed by atoms with E-state index in [4.69, 9.17) is 5.73 Å². The van der Waals surface area contributed by atoms with Gasteiger partial charge in [-0.25, -0.2) is 0 Å². The summed E-state index contributed by atoms with van der Waals surface area (Å²) in [7, 11) is 0. The zero-order valence-electron chi connectivity index (χ0n) is 67.1. The van der Waals surface area contributed by atoms with E-state index in [0.717, 1.165) is 22.3 Å².